The van der Waals surface area contributed by atoms with Gasteiger partial charge in [0, 0.05) is 25.3 Å². The second-order valence-corrected chi connectivity index (χ2v) is 7.98. The van der Waals surface area contributed by atoms with Gasteiger partial charge in [-0.2, -0.15) is 0 Å². The van der Waals surface area contributed by atoms with Crippen molar-refractivity contribution in [3.05, 3.63) is 17.5 Å². The van der Waals surface area contributed by atoms with E-state index in [0.29, 0.717) is 43.9 Å². The second-order valence-electron chi connectivity index (χ2n) is 7.98. The maximum atomic E-state index is 12.9. The Morgan fingerprint density at radius 1 is 1.28 bits per heavy atom. The van der Waals surface area contributed by atoms with E-state index in [4.69, 9.17) is 9.72 Å². The van der Waals surface area contributed by atoms with E-state index >= 15 is 0 Å². The fourth-order valence-electron chi connectivity index (χ4n) is 4.59. The van der Waals surface area contributed by atoms with Crippen LogP contribution in [0.3, 0.4) is 0 Å². The summed E-state index contributed by atoms with van der Waals surface area (Å²) in [6.45, 7) is 6.66. The van der Waals surface area contributed by atoms with Gasteiger partial charge in [-0.1, -0.05) is 20.3 Å². The maximum Gasteiger partial charge on any atom is 0.257 e. The number of morpholine rings is 1. The van der Waals surface area contributed by atoms with E-state index in [1.54, 1.807) is 6.20 Å². The van der Waals surface area contributed by atoms with Crippen LogP contribution in [0.1, 0.15) is 61.5 Å². The molecule has 1 saturated heterocycles. The highest BCUT2D eigenvalue weighted by atomic mass is 16.5. The lowest BCUT2D eigenvalue weighted by Crippen LogP contribution is -2.41. The molecule has 1 aromatic rings. The number of amides is 1. The third-order valence-corrected chi connectivity index (χ3v) is 5.95. The lowest BCUT2D eigenvalue weighted by atomic mass is 9.95. The van der Waals surface area contributed by atoms with Crippen LogP contribution in [0.15, 0.2) is 6.20 Å². The number of carbonyl (C=O) groups excluding carboxylic acids is 1. The molecule has 6 nitrogen and oxygen atoms in total. The molecule has 1 amide bonds. The van der Waals surface area contributed by atoms with Gasteiger partial charge in [0.25, 0.3) is 5.91 Å². The molecule has 3 fully saturated rings. The van der Waals surface area contributed by atoms with E-state index in [2.05, 4.69) is 24.1 Å². The normalized spacial score (nSPS) is 28.6. The zero-order valence-electron chi connectivity index (χ0n) is 15.2. The molecule has 0 spiro atoms. The van der Waals surface area contributed by atoms with Gasteiger partial charge in [-0.05, 0) is 37.0 Å². The quantitative estimate of drug-likeness (QED) is 0.909. The van der Waals surface area contributed by atoms with E-state index < -0.39 is 0 Å². The number of ether oxygens (including phenoxy) is 1. The largest absolute Gasteiger partial charge is 0.378 e. The zero-order chi connectivity index (χ0) is 17.4. The first-order valence-electron chi connectivity index (χ1n) is 9.62. The van der Waals surface area contributed by atoms with Crippen LogP contribution in [0, 0.1) is 11.8 Å². The molecule has 2 aliphatic carbocycles. The summed E-state index contributed by atoms with van der Waals surface area (Å²) in [4.78, 5) is 23.9. The van der Waals surface area contributed by atoms with Crippen LogP contribution >= 0.6 is 0 Å². The van der Waals surface area contributed by atoms with Crippen LogP contribution in [-0.4, -0.2) is 53.1 Å². The van der Waals surface area contributed by atoms with Crippen LogP contribution in [-0.2, 0) is 4.74 Å². The van der Waals surface area contributed by atoms with Gasteiger partial charge in [-0.15, -0.1) is 0 Å². The average Bonchev–Trinajstić information content (AvgIpc) is 3.25. The smallest absolute Gasteiger partial charge is 0.257 e. The van der Waals surface area contributed by atoms with Crippen molar-refractivity contribution in [2.75, 3.05) is 31.6 Å². The van der Waals surface area contributed by atoms with E-state index in [9.17, 15) is 4.79 Å². The highest BCUT2D eigenvalue weighted by molar-refractivity contribution is 5.95. The number of hydrogen-bond acceptors (Lipinski definition) is 5. The van der Waals surface area contributed by atoms with Gasteiger partial charge in [0.15, 0.2) is 0 Å². The zero-order valence-corrected chi connectivity index (χ0v) is 15.2. The average molecular weight is 344 g/mol. The Morgan fingerprint density at radius 3 is 2.72 bits per heavy atom. The van der Waals surface area contributed by atoms with Crippen LogP contribution in [0.5, 0.6) is 0 Å². The Hall–Kier alpha value is -1.69. The van der Waals surface area contributed by atoms with Gasteiger partial charge in [-0.3, -0.25) is 4.79 Å². The number of carbonyl (C=O) groups is 1. The van der Waals surface area contributed by atoms with Gasteiger partial charge >= 0.3 is 0 Å². The Labute approximate surface area is 149 Å². The minimum atomic E-state index is 0.0264. The summed E-state index contributed by atoms with van der Waals surface area (Å²) >= 11 is 0. The molecule has 25 heavy (non-hydrogen) atoms. The van der Waals surface area contributed by atoms with Gasteiger partial charge in [0.05, 0.1) is 24.5 Å². The van der Waals surface area contributed by atoms with Crippen molar-refractivity contribution in [2.45, 2.75) is 51.5 Å². The lowest BCUT2D eigenvalue weighted by molar-refractivity contribution is 0.0301. The number of rotatable bonds is 4. The number of anilines is 1. The van der Waals surface area contributed by atoms with Crippen molar-refractivity contribution in [2.24, 2.45) is 11.8 Å². The van der Waals surface area contributed by atoms with Gasteiger partial charge in [0.1, 0.15) is 0 Å². The number of aromatic nitrogens is 2. The Kier molecular flexibility index (Phi) is 4.63. The van der Waals surface area contributed by atoms with Crippen molar-refractivity contribution in [1.82, 2.24) is 14.9 Å². The molecular weight excluding hydrogens is 316 g/mol. The van der Waals surface area contributed by atoms with E-state index in [1.807, 2.05) is 4.90 Å². The number of fused-ring (bicyclic) bond motifs is 2. The minimum Gasteiger partial charge on any atom is -0.378 e. The fourth-order valence-corrected chi connectivity index (χ4v) is 4.59. The molecule has 1 aliphatic heterocycles. The van der Waals surface area contributed by atoms with Crippen LogP contribution in [0.4, 0.5) is 5.95 Å². The summed E-state index contributed by atoms with van der Waals surface area (Å²) in [5.41, 5.74) is 1.48. The second kappa shape index (κ2) is 6.90. The van der Waals surface area contributed by atoms with Gasteiger partial charge in [-0.25, -0.2) is 9.97 Å². The summed E-state index contributed by atoms with van der Waals surface area (Å²) in [6.07, 6.45) is 7.01. The van der Waals surface area contributed by atoms with Crippen LogP contribution in [0.25, 0.3) is 0 Å². The van der Waals surface area contributed by atoms with E-state index in [1.165, 1.54) is 25.7 Å². The Balaban J connectivity index is 1.53. The molecule has 2 bridgehead atoms. The van der Waals surface area contributed by atoms with E-state index in [-0.39, 0.29) is 11.8 Å². The van der Waals surface area contributed by atoms with E-state index in [0.717, 1.165) is 17.5 Å². The number of nitrogens with zero attached hydrogens (tertiary/aromatic N) is 3. The minimum absolute atomic E-state index is 0.0264. The number of nitrogens with one attached hydrogen (secondary N) is 1. The van der Waals surface area contributed by atoms with Crippen molar-refractivity contribution < 1.29 is 9.53 Å². The summed E-state index contributed by atoms with van der Waals surface area (Å²) in [7, 11) is 0. The molecule has 3 aliphatic rings. The van der Waals surface area contributed by atoms with Crippen molar-refractivity contribution in [1.29, 1.82) is 0 Å². The van der Waals surface area contributed by atoms with Crippen LogP contribution in [0.2, 0.25) is 0 Å². The number of hydrogen-bond donors (Lipinski definition) is 1. The Morgan fingerprint density at radius 2 is 2.08 bits per heavy atom. The SMILES string of the molecule is CC(C)c1nc(N[C@@H]2C[C@H]3CC[C@@H]2C3)ncc1C(=O)N1CCOCC1. The lowest BCUT2D eigenvalue weighted by Gasteiger charge is -2.28. The molecule has 3 atom stereocenters. The molecular formula is C19H28N4O2. The molecule has 0 radical (unpaired) electrons. The molecule has 0 unspecified atom stereocenters. The predicted octanol–water partition coefficient (Wildman–Crippen LogP) is 2.67. The summed E-state index contributed by atoms with van der Waals surface area (Å²) in [5.74, 6) is 2.54. The maximum absolute atomic E-state index is 12.9. The highest BCUT2D eigenvalue weighted by Crippen LogP contribution is 2.45. The first-order chi connectivity index (χ1) is 12.1. The summed E-state index contributed by atoms with van der Waals surface area (Å²) in [5, 5.41) is 3.55. The van der Waals surface area contributed by atoms with Crippen molar-refractivity contribution >= 4 is 11.9 Å². The Bertz CT molecular complexity index is 642. The summed E-state index contributed by atoms with van der Waals surface area (Å²) < 4.78 is 5.35. The van der Waals surface area contributed by atoms with Gasteiger partial charge in [0.2, 0.25) is 5.95 Å². The first-order valence-corrected chi connectivity index (χ1v) is 9.62. The monoisotopic (exact) mass is 344 g/mol. The molecule has 0 aromatic carbocycles. The molecule has 4 rings (SSSR count). The first kappa shape index (κ1) is 16.8. The predicted molar refractivity (Wildman–Crippen MR) is 95.7 cm³/mol. The molecule has 6 heteroatoms. The fraction of sp³-hybridized carbons (Fsp3) is 0.737. The molecule has 1 N–H and O–H groups in total. The van der Waals surface area contributed by atoms with Crippen LogP contribution < -0.4 is 5.32 Å². The summed E-state index contributed by atoms with van der Waals surface area (Å²) in [6, 6.07) is 0.500. The van der Waals surface area contributed by atoms with Gasteiger partial charge < -0.3 is 15.0 Å². The molecule has 2 heterocycles. The topological polar surface area (TPSA) is 67.4 Å². The third kappa shape index (κ3) is 3.36. The standard InChI is InChI=1S/C19H28N4O2/c1-12(2)17-15(18(24)23-5-7-25-8-6-23)11-20-19(22-17)21-16-10-13-3-4-14(16)9-13/h11-14,16H,3-10H2,1-2H3,(H,20,21,22)/t13-,14+,16+/m0/s1. The molecule has 136 valence electrons. The molecule has 1 aromatic heterocycles. The highest BCUT2D eigenvalue weighted by Gasteiger charge is 2.39. The van der Waals surface area contributed by atoms with Crippen molar-refractivity contribution in [3.63, 3.8) is 0 Å². The third-order valence-electron chi connectivity index (χ3n) is 5.95. The van der Waals surface area contributed by atoms with Crippen molar-refractivity contribution in [3.8, 4) is 0 Å². The molecule has 2 saturated carbocycles.